The van der Waals surface area contributed by atoms with Crippen molar-refractivity contribution >= 4 is 26.8 Å². The van der Waals surface area contributed by atoms with Crippen molar-refractivity contribution in [1.29, 1.82) is 0 Å². The van der Waals surface area contributed by atoms with Crippen LogP contribution >= 0.6 is 15.9 Å². The first-order chi connectivity index (χ1) is 8.70. The number of nitrogens with zero attached hydrogens (tertiary/aromatic N) is 1. The third kappa shape index (κ3) is 1.67. The average Bonchev–Trinajstić information content (AvgIpc) is 2.88. The largest absolute Gasteiger partial charge is 0.358 e. The normalized spacial score (nSPS) is 11.3. The highest BCUT2D eigenvalue weighted by atomic mass is 79.9. The van der Waals surface area contributed by atoms with Crippen LogP contribution in [0.1, 0.15) is 11.5 Å². The number of halogens is 1. The van der Waals surface area contributed by atoms with Gasteiger partial charge in [0.05, 0.1) is 6.54 Å². The summed E-state index contributed by atoms with van der Waals surface area (Å²) in [5.74, 6) is 0.779. The number of fused-ring (bicyclic) bond motifs is 1. The number of nitrogens with two attached hydrogens (primary N) is 1. The number of rotatable bonds is 2. The number of hydrogen-bond donors (Lipinski definition) is 3. The van der Waals surface area contributed by atoms with Crippen LogP contribution in [0.2, 0.25) is 0 Å². The zero-order valence-electron chi connectivity index (χ0n) is 9.92. The number of imidazole rings is 1. The molecule has 4 N–H and O–H groups in total. The van der Waals surface area contributed by atoms with Crippen LogP contribution in [0.5, 0.6) is 0 Å². The fourth-order valence-corrected chi connectivity index (χ4v) is 2.76. The second kappa shape index (κ2) is 4.26. The van der Waals surface area contributed by atoms with Gasteiger partial charge in [0, 0.05) is 22.2 Å². The molecule has 0 unspecified atom stereocenters. The van der Waals surface area contributed by atoms with E-state index in [0.717, 1.165) is 32.9 Å². The van der Waals surface area contributed by atoms with Crippen molar-refractivity contribution in [2.45, 2.75) is 13.5 Å². The number of aryl methyl sites for hydroxylation is 1. The predicted octanol–water partition coefficient (Wildman–Crippen LogP) is 3.09. The number of aromatic nitrogens is 3. The molecule has 0 aliphatic rings. The summed E-state index contributed by atoms with van der Waals surface area (Å²) in [5, 5.41) is 1.17. The van der Waals surface area contributed by atoms with Crippen LogP contribution in [0.3, 0.4) is 0 Å². The van der Waals surface area contributed by atoms with Crippen molar-refractivity contribution in [2.24, 2.45) is 5.73 Å². The third-order valence-corrected chi connectivity index (χ3v) is 3.61. The van der Waals surface area contributed by atoms with Gasteiger partial charge in [-0.1, -0.05) is 18.2 Å². The Morgan fingerprint density at radius 3 is 2.78 bits per heavy atom. The van der Waals surface area contributed by atoms with Crippen LogP contribution in [0.15, 0.2) is 28.9 Å². The molecule has 0 radical (unpaired) electrons. The van der Waals surface area contributed by atoms with E-state index in [1.54, 1.807) is 0 Å². The summed E-state index contributed by atoms with van der Waals surface area (Å²) in [7, 11) is 0. The van der Waals surface area contributed by atoms with E-state index in [1.165, 1.54) is 5.39 Å². The lowest BCUT2D eigenvalue weighted by molar-refractivity contribution is 0.947. The maximum absolute atomic E-state index is 5.61. The Balaban J connectivity index is 2.30. The molecule has 18 heavy (non-hydrogen) atoms. The van der Waals surface area contributed by atoms with Crippen molar-refractivity contribution in [3.05, 3.63) is 40.4 Å². The molecule has 0 saturated carbocycles. The first kappa shape index (κ1) is 11.5. The zero-order chi connectivity index (χ0) is 12.7. The van der Waals surface area contributed by atoms with Gasteiger partial charge in [-0.15, -0.1) is 0 Å². The van der Waals surface area contributed by atoms with E-state index in [0.29, 0.717) is 6.54 Å². The highest BCUT2D eigenvalue weighted by Gasteiger charge is 2.16. The van der Waals surface area contributed by atoms with E-state index in [9.17, 15) is 0 Å². The second-order valence-electron chi connectivity index (χ2n) is 4.22. The Morgan fingerprint density at radius 2 is 2.06 bits per heavy atom. The van der Waals surface area contributed by atoms with Crippen molar-refractivity contribution in [1.82, 2.24) is 15.0 Å². The lowest BCUT2D eigenvalue weighted by Crippen LogP contribution is -1.97. The Hall–Kier alpha value is -1.59. The second-order valence-corrected chi connectivity index (χ2v) is 5.01. The van der Waals surface area contributed by atoms with Crippen molar-refractivity contribution < 1.29 is 0 Å². The highest BCUT2D eigenvalue weighted by Crippen LogP contribution is 2.34. The van der Waals surface area contributed by atoms with Crippen LogP contribution in [-0.2, 0) is 6.54 Å². The van der Waals surface area contributed by atoms with Crippen LogP contribution in [0.25, 0.3) is 22.2 Å². The molecule has 0 saturated heterocycles. The molecule has 2 aromatic heterocycles. The van der Waals surface area contributed by atoms with E-state index in [1.807, 2.05) is 12.1 Å². The summed E-state index contributed by atoms with van der Waals surface area (Å²) in [5.41, 5.74) is 9.86. The molecule has 0 atom stereocenters. The SMILES string of the molecule is Cc1[nH]c2ccccc2c1-c1nc(CN)[nH]c1Br. The molecule has 0 amide bonds. The molecule has 0 aliphatic carbocycles. The van der Waals surface area contributed by atoms with Crippen LogP contribution in [0, 0.1) is 6.92 Å². The molecule has 3 rings (SSSR count). The van der Waals surface area contributed by atoms with Gasteiger partial charge in [-0.25, -0.2) is 4.98 Å². The molecule has 1 aromatic carbocycles. The minimum atomic E-state index is 0.403. The molecule has 2 heterocycles. The van der Waals surface area contributed by atoms with Gasteiger partial charge in [-0.3, -0.25) is 0 Å². The molecule has 3 aromatic rings. The van der Waals surface area contributed by atoms with Gasteiger partial charge in [-0.2, -0.15) is 0 Å². The Labute approximate surface area is 113 Å². The fourth-order valence-electron chi connectivity index (χ4n) is 2.24. The van der Waals surface area contributed by atoms with E-state index >= 15 is 0 Å². The maximum atomic E-state index is 5.61. The van der Waals surface area contributed by atoms with Crippen LogP contribution < -0.4 is 5.73 Å². The lowest BCUT2D eigenvalue weighted by atomic mass is 10.1. The third-order valence-electron chi connectivity index (χ3n) is 3.03. The number of aromatic amines is 2. The summed E-state index contributed by atoms with van der Waals surface area (Å²) < 4.78 is 0.871. The monoisotopic (exact) mass is 304 g/mol. The van der Waals surface area contributed by atoms with Crippen molar-refractivity contribution in [2.75, 3.05) is 0 Å². The summed E-state index contributed by atoms with van der Waals surface area (Å²) in [4.78, 5) is 11.0. The molecule has 0 aliphatic heterocycles. The molecular weight excluding hydrogens is 292 g/mol. The van der Waals surface area contributed by atoms with E-state index < -0.39 is 0 Å². The van der Waals surface area contributed by atoms with Gasteiger partial charge in [0.1, 0.15) is 16.1 Å². The minimum absolute atomic E-state index is 0.403. The highest BCUT2D eigenvalue weighted by molar-refractivity contribution is 9.10. The van der Waals surface area contributed by atoms with Crippen LogP contribution in [0.4, 0.5) is 0 Å². The predicted molar refractivity (Wildman–Crippen MR) is 76.2 cm³/mol. The number of nitrogens with one attached hydrogen (secondary N) is 2. The summed E-state index contributed by atoms with van der Waals surface area (Å²) >= 11 is 3.51. The fraction of sp³-hybridized carbons (Fsp3) is 0.154. The zero-order valence-corrected chi connectivity index (χ0v) is 11.5. The molecule has 5 heteroatoms. The van der Waals surface area contributed by atoms with Gasteiger partial charge in [0.25, 0.3) is 0 Å². The van der Waals surface area contributed by atoms with Gasteiger partial charge in [-0.05, 0) is 28.9 Å². The topological polar surface area (TPSA) is 70.5 Å². The summed E-state index contributed by atoms with van der Waals surface area (Å²) in [6.45, 7) is 2.46. The standard InChI is InChI=1S/C13H13BrN4/c1-7-11(8-4-2-3-5-9(8)16-7)12-13(14)18-10(6-15)17-12/h2-5,16H,6,15H2,1H3,(H,17,18). The smallest absolute Gasteiger partial charge is 0.121 e. The van der Waals surface area contributed by atoms with E-state index in [-0.39, 0.29) is 0 Å². The first-order valence-electron chi connectivity index (χ1n) is 5.73. The van der Waals surface area contributed by atoms with Gasteiger partial charge in [0.2, 0.25) is 0 Å². The van der Waals surface area contributed by atoms with Crippen LogP contribution in [-0.4, -0.2) is 15.0 Å². The molecule has 0 bridgehead atoms. The molecule has 4 nitrogen and oxygen atoms in total. The van der Waals surface area contributed by atoms with Gasteiger partial charge < -0.3 is 15.7 Å². The average molecular weight is 305 g/mol. The number of para-hydroxylation sites is 1. The van der Waals surface area contributed by atoms with E-state index in [4.69, 9.17) is 5.73 Å². The number of H-pyrrole nitrogens is 2. The maximum Gasteiger partial charge on any atom is 0.121 e. The van der Waals surface area contributed by atoms with Crippen molar-refractivity contribution in [3.8, 4) is 11.3 Å². The molecule has 92 valence electrons. The summed E-state index contributed by atoms with van der Waals surface area (Å²) in [6, 6.07) is 8.21. The molecule has 0 spiro atoms. The quantitative estimate of drug-likeness (QED) is 0.681. The minimum Gasteiger partial charge on any atom is -0.358 e. The van der Waals surface area contributed by atoms with Crippen molar-refractivity contribution in [3.63, 3.8) is 0 Å². The molecule has 0 fully saturated rings. The number of hydrogen-bond acceptors (Lipinski definition) is 2. The van der Waals surface area contributed by atoms with Gasteiger partial charge in [0.15, 0.2) is 0 Å². The Bertz CT molecular complexity index is 711. The van der Waals surface area contributed by atoms with E-state index in [2.05, 4.69) is 49.9 Å². The molecular formula is C13H13BrN4. The Kier molecular flexibility index (Phi) is 2.72. The Morgan fingerprint density at radius 1 is 1.28 bits per heavy atom. The van der Waals surface area contributed by atoms with Gasteiger partial charge >= 0.3 is 0 Å². The number of benzene rings is 1. The lowest BCUT2D eigenvalue weighted by Gasteiger charge is -1.97. The summed E-state index contributed by atoms with van der Waals surface area (Å²) in [6.07, 6.45) is 0. The first-order valence-corrected chi connectivity index (χ1v) is 6.52.